The lowest BCUT2D eigenvalue weighted by molar-refractivity contribution is -0.122. The van der Waals surface area contributed by atoms with Crippen LogP contribution in [0.1, 0.15) is 30.0 Å². The van der Waals surface area contributed by atoms with E-state index in [1.54, 1.807) is 24.3 Å². The molecule has 6 nitrogen and oxygen atoms in total. The Morgan fingerprint density at radius 1 is 0.906 bits per heavy atom. The average molecular weight is 453 g/mol. The molecule has 3 aromatic carbocycles. The second-order valence-corrected chi connectivity index (χ2v) is 9.38. The van der Waals surface area contributed by atoms with Gasteiger partial charge < -0.3 is 10.1 Å². The molecule has 0 spiro atoms. The van der Waals surface area contributed by atoms with Crippen molar-refractivity contribution in [3.8, 4) is 5.75 Å². The van der Waals surface area contributed by atoms with Gasteiger partial charge in [-0.3, -0.25) is 9.52 Å². The van der Waals surface area contributed by atoms with Crippen molar-refractivity contribution < 1.29 is 17.9 Å². The number of amides is 1. The number of benzene rings is 3. The summed E-state index contributed by atoms with van der Waals surface area (Å²) in [5, 5.41) is 2.80. The zero-order valence-corrected chi connectivity index (χ0v) is 19.5. The molecule has 32 heavy (non-hydrogen) atoms. The first-order chi connectivity index (χ1) is 15.2. The molecular formula is C25H28N2O4S. The second-order valence-electron chi connectivity index (χ2n) is 7.69. The Labute approximate surface area is 189 Å². The summed E-state index contributed by atoms with van der Waals surface area (Å²) in [4.78, 5) is 12.8. The number of anilines is 2. The monoisotopic (exact) mass is 452 g/mol. The van der Waals surface area contributed by atoms with E-state index >= 15 is 0 Å². The smallest absolute Gasteiger partial charge is 0.265 e. The molecule has 1 atom stereocenters. The lowest BCUT2D eigenvalue weighted by Gasteiger charge is -2.18. The number of nitrogens with one attached hydrogen (secondary N) is 2. The van der Waals surface area contributed by atoms with Crippen molar-refractivity contribution in [1.82, 2.24) is 0 Å². The summed E-state index contributed by atoms with van der Waals surface area (Å²) in [7, 11) is -3.74. The van der Waals surface area contributed by atoms with E-state index < -0.39 is 16.1 Å². The summed E-state index contributed by atoms with van der Waals surface area (Å²) in [5.41, 5.74) is 4.09. The minimum Gasteiger partial charge on any atom is -0.481 e. The number of carbonyl (C=O) groups excluding carboxylic acids is 1. The summed E-state index contributed by atoms with van der Waals surface area (Å²) in [5.74, 6) is 0.346. The van der Waals surface area contributed by atoms with Crippen LogP contribution in [0.15, 0.2) is 71.6 Å². The van der Waals surface area contributed by atoms with Gasteiger partial charge >= 0.3 is 0 Å². The fraction of sp³-hybridized carbons (Fsp3) is 0.240. The summed E-state index contributed by atoms with van der Waals surface area (Å²) in [6, 6.07) is 18.9. The summed E-state index contributed by atoms with van der Waals surface area (Å²) < 4.78 is 33.8. The molecule has 0 unspecified atom stereocenters. The maximum atomic E-state index is 12.7. The maximum absolute atomic E-state index is 12.7. The van der Waals surface area contributed by atoms with E-state index in [0.29, 0.717) is 23.5 Å². The van der Waals surface area contributed by atoms with Crippen molar-refractivity contribution in [1.29, 1.82) is 0 Å². The number of sulfonamides is 1. The molecule has 1 amide bonds. The minimum atomic E-state index is -3.74. The van der Waals surface area contributed by atoms with Crippen LogP contribution in [0.25, 0.3) is 0 Å². The van der Waals surface area contributed by atoms with Crippen LogP contribution >= 0.6 is 0 Å². The number of aryl methyl sites for hydroxylation is 3. The van der Waals surface area contributed by atoms with Crippen molar-refractivity contribution >= 4 is 27.3 Å². The molecule has 0 heterocycles. The molecule has 0 aliphatic rings. The van der Waals surface area contributed by atoms with Gasteiger partial charge in [0.2, 0.25) is 0 Å². The lowest BCUT2D eigenvalue weighted by Crippen LogP contribution is -2.32. The van der Waals surface area contributed by atoms with E-state index in [0.717, 1.165) is 16.7 Å². The topological polar surface area (TPSA) is 84.5 Å². The Hall–Kier alpha value is -3.32. The van der Waals surface area contributed by atoms with E-state index in [2.05, 4.69) is 10.0 Å². The fourth-order valence-electron chi connectivity index (χ4n) is 3.11. The predicted molar refractivity (Wildman–Crippen MR) is 128 cm³/mol. The van der Waals surface area contributed by atoms with Gasteiger partial charge in [0.15, 0.2) is 6.10 Å². The van der Waals surface area contributed by atoms with Crippen LogP contribution in [0.5, 0.6) is 5.75 Å². The highest BCUT2D eigenvalue weighted by atomic mass is 32.2. The van der Waals surface area contributed by atoms with Gasteiger partial charge in [-0.2, -0.15) is 0 Å². The van der Waals surface area contributed by atoms with Gasteiger partial charge in [-0.1, -0.05) is 31.2 Å². The molecule has 0 aliphatic carbocycles. The number of ether oxygens (including phenoxy) is 1. The normalized spacial score (nSPS) is 12.1. The number of rotatable bonds is 8. The van der Waals surface area contributed by atoms with Crippen LogP contribution in [-0.2, 0) is 14.8 Å². The van der Waals surface area contributed by atoms with E-state index in [9.17, 15) is 13.2 Å². The van der Waals surface area contributed by atoms with Crippen LogP contribution in [0.2, 0.25) is 0 Å². The highest BCUT2D eigenvalue weighted by molar-refractivity contribution is 7.92. The lowest BCUT2D eigenvalue weighted by atomic mass is 10.1. The minimum absolute atomic E-state index is 0.108. The Bertz CT molecular complexity index is 1200. The first-order valence-electron chi connectivity index (χ1n) is 10.4. The third-order valence-corrected chi connectivity index (χ3v) is 6.62. The van der Waals surface area contributed by atoms with Crippen molar-refractivity contribution in [2.45, 2.75) is 45.1 Å². The van der Waals surface area contributed by atoms with Gasteiger partial charge in [0, 0.05) is 5.69 Å². The first kappa shape index (κ1) is 23.3. The molecular weight excluding hydrogens is 424 g/mol. The number of hydrogen-bond donors (Lipinski definition) is 2. The third-order valence-electron chi connectivity index (χ3n) is 5.24. The summed E-state index contributed by atoms with van der Waals surface area (Å²) in [6.07, 6.45) is -0.172. The predicted octanol–water partition coefficient (Wildman–Crippen LogP) is 5.21. The SMILES string of the molecule is CC[C@@H](Oc1ccc(C)c(C)c1)C(=O)Nc1ccc(S(=O)(=O)Nc2ccccc2C)cc1. The standard InChI is InChI=1S/C25H28N2O4S/c1-5-24(31-21-13-10-17(2)19(4)16-21)25(28)26-20-11-14-22(15-12-20)32(29,30)27-23-9-7-6-8-18(23)3/h6-16,24,27H,5H2,1-4H3,(H,26,28)/t24-/m1/s1. The molecule has 3 rings (SSSR count). The Balaban J connectivity index is 1.68. The average Bonchev–Trinajstić information content (AvgIpc) is 2.76. The Morgan fingerprint density at radius 2 is 1.59 bits per heavy atom. The molecule has 0 saturated carbocycles. The van der Waals surface area contributed by atoms with E-state index in [1.807, 2.05) is 58.0 Å². The van der Waals surface area contributed by atoms with Gasteiger partial charge in [-0.05, 0) is 86.3 Å². The molecule has 0 aromatic heterocycles. The van der Waals surface area contributed by atoms with Gasteiger partial charge in [-0.15, -0.1) is 0 Å². The quantitative estimate of drug-likeness (QED) is 0.491. The third kappa shape index (κ3) is 5.68. The van der Waals surface area contributed by atoms with Gasteiger partial charge in [-0.25, -0.2) is 8.42 Å². The van der Waals surface area contributed by atoms with Crippen LogP contribution in [0.3, 0.4) is 0 Å². The number of hydrogen-bond acceptors (Lipinski definition) is 4. The van der Waals surface area contributed by atoms with Gasteiger partial charge in [0.05, 0.1) is 10.6 Å². The molecule has 0 bridgehead atoms. The van der Waals surface area contributed by atoms with E-state index in [1.165, 1.54) is 12.1 Å². The molecule has 7 heteroatoms. The number of para-hydroxylation sites is 1. The Morgan fingerprint density at radius 3 is 2.22 bits per heavy atom. The van der Waals surface area contributed by atoms with E-state index in [4.69, 9.17) is 4.74 Å². The highest BCUT2D eigenvalue weighted by Crippen LogP contribution is 2.22. The van der Waals surface area contributed by atoms with E-state index in [-0.39, 0.29) is 10.8 Å². The maximum Gasteiger partial charge on any atom is 0.265 e. The van der Waals surface area contributed by atoms with Crippen LogP contribution in [-0.4, -0.2) is 20.4 Å². The number of carbonyl (C=O) groups is 1. The zero-order valence-electron chi connectivity index (χ0n) is 18.7. The molecule has 168 valence electrons. The molecule has 2 N–H and O–H groups in total. The van der Waals surface area contributed by atoms with Crippen LogP contribution in [0.4, 0.5) is 11.4 Å². The molecule has 0 fully saturated rings. The molecule has 0 saturated heterocycles. The van der Waals surface area contributed by atoms with Crippen molar-refractivity contribution in [3.05, 3.63) is 83.4 Å². The van der Waals surface area contributed by atoms with Crippen molar-refractivity contribution in [3.63, 3.8) is 0 Å². The largest absolute Gasteiger partial charge is 0.481 e. The molecule has 3 aromatic rings. The van der Waals surface area contributed by atoms with Crippen molar-refractivity contribution in [2.24, 2.45) is 0 Å². The van der Waals surface area contributed by atoms with Gasteiger partial charge in [0.25, 0.3) is 15.9 Å². The Kier molecular flexibility index (Phi) is 7.20. The highest BCUT2D eigenvalue weighted by Gasteiger charge is 2.20. The van der Waals surface area contributed by atoms with Crippen LogP contribution < -0.4 is 14.8 Å². The van der Waals surface area contributed by atoms with Gasteiger partial charge in [0.1, 0.15) is 5.75 Å². The fourth-order valence-corrected chi connectivity index (χ4v) is 4.24. The molecule has 0 radical (unpaired) electrons. The molecule has 0 aliphatic heterocycles. The zero-order chi connectivity index (χ0) is 23.3. The second kappa shape index (κ2) is 9.87. The first-order valence-corrected chi connectivity index (χ1v) is 11.9. The summed E-state index contributed by atoms with van der Waals surface area (Å²) in [6.45, 7) is 7.72. The van der Waals surface area contributed by atoms with Crippen LogP contribution in [0, 0.1) is 20.8 Å². The summed E-state index contributed by atoms with van der Waals surface area (Å²) >= 11 is 0. The van der Waals surface area contributed by atoms with Crippen molar-refractivity contribution in [2.75, 3.05) is 10.0 Å².